The Hall–Kier alpha value is -1.38. The number of nitrogen functional groups attached to an aromatic ring is 1. The molecule has 18 heavy (non-hydrogen) atoms. The van der Waals surface area contributed by atoms with Crippen LogP contribution in [0.3, 0.4) is 0 Å². The van der Waals surface area contributed by atoms with E-state index < -0.39 is 0 Å². The van der Waals surface area contributed by atoms with Gasteiger partial charge >= 0.3 is 5.97 Å². The molecule has 96 valence electrons. The maximum atomic E-state index is 11.0. The Labute approximate surface area is 112 Å². The van der Waals surface area contributed by atoms with Gasteiger partial charge in [-0.05, 0) is 11.4 Å². The highest BCUT2D eigenvalue weighted by molar-refractivity contribution is 7.99. The summed E-state index contributed by atoms with van der Waals surface area (Å²) in [6, 6.07) is 1.92. The molecule has 0 saturated heterocycles. The van der Waals surface area contributed by atoms with Crippen molar-refractivity contribution < 1.29 is 9.53 Å². The standard InChI is InChI=1S/C10H12N4O2S2/c1-16-8(15)5-17-4-7-12-9(14-11)6-2-3-18-10(6)13-7/h2-3H,4-5,11H2,1H3,(H,12,13,14). The van der Waals surface area contributed by atoms with Crippen molar-refractivity contribution in [2.75, 3.05) is 18.3 Å². The Bertz CT molecular complexity index is 558. The van der Waals surface area contributed by atoms with Gasteiger partial charge in [0.2, 0.25) is 0 Å². The number of aromatic nitrogens is 2. The third kappa shape index (κ3) is 2.89. The number of rotatable bonds is 5. The van der Waals surface area contributed by atoms with Crippen LogP contribution >= 0.6 is 23.1 Å². The number of carbonyl (C=O) groups excluding carboxylic acids is 1. The molecule has 0 radical (unpaired) electrons. The Kier molecular flexibility index (Phi) is 4.34. The van der Waals surface area contributed by atoms with Gasteiger partial charge in [0.25, 0.3) is 0 Å². The normalized spacial score (nSPS) is 10.6. The van der Waals surface area contributed by atoms with Crippen LogP contribution in [-0.2, 0) is 15.3 Å². The number of hydrogen-bond donors (Lipinski definition) is 2. The van der Waals surface area contributed by atoms with Gasteiger partial charge in [-0.2, -0.15) is 0 Å². The second-order valence-electron chi connectivity index (χ2n) is 3.34. The number of thioether (sulfide) groups is 1. The predicted octanol–water partition coefficient (Wildman–Crippen LogP) is 1.38. The molecule has 2 heterocycles. The quantitative estimate of drug-likeness (QED) is 0.487. The smallest absolute Gasteiger partial charge is 0.315 e. The van der Waals surface area contributed by atoms with Crippen LogP contribution in [0.15, 0.2) is 11.4 Å². The number of thiophene rings is 1. The molecule has 0 fully saturated rings. The van der Waals surface area contributed by atoms with E-state index in [1.54, 1.807) is 0 Å². The summed E-state index contributed by atoms with van der Waals surface area (Å²) >= 11 is 2.93. The zero-order chi connectivity index (χ0) is 13.0. The van der Waals surface area contributed by atoms with Crippen LogP contribution in [0, 0.1) is 0 Å². The number of anilines is 1. The van der Waals surface area contributed by atoms with Gasteiger partial charge in [0.05, 0.1) is 24.0 Å². The van der Waals surface area contributed by atoms with E-state index >= 15 is 0 Å². The Morgan fingerprint density at radius 1 is 1.61 bits per heavy atom. The minimum atomic E-state index is -0.255. The number of carbonyl (C=O) groups is 1. The number of fused-ring (bicyclic) bond motifs is 1. The molecule has 0 spiro atoms. The van der Waals surface area contributed by atoms with Crippen molar-refractivity contribution in [1.82, 2.24) is 9.97 Å². The molecule has 0 amide bonds. The number of nitrogens with zero attached hydrogens (tertiary/aromatic N) is 2. The summed E-state index contributed by atoms with van der Waals surface area (Å²) in [6.07, 6.45) is 0. The van der Waals surface area contributed by atoms with Crippen molar-refractivity contribution in [1.29, 1.82) is 0 Å². The second kappa shape index (κ2) is 5.98. The van der Waals surface area contributed by atoms with Gasteiger partial charge in [-0.1, -0.05) is 0 Å². The number of methoxy groups -OCH3 is 1. The van der Waals surface area contributed by atoms with Gasteiger partial charge in [0.1, 0.15) is 10.7 Å². The number of hydrazine groups is 1. The SMILES string of the molecule is COC(=O)CSCc1nc(NN)c2ccsc2n1. The van der Waals surface area contributed by atoms with Gasteiger partial charge in [-0.15, -0.1) is 23.1 Å². The molecule has 3 N–H and O–H groups in total. The highest BCUT2D eigenvalue weighted by Gasteiger charge is 2.09. The van der Waals surface area contributed by atoms with Gasteiger partial charge in [-0.25, -0.2) is 15.8 Å². The van der Waals surface area contributed by atoms with E-state index in [0.29, 0.717) is 17.4 Å². The van der Waals surface area contributed by atoms with Crippen molar-refractivity contribution in [3.8, 4) is 0 Å². The number of esters is 1. The average Bonchev–Trinajstić information content (AvgIpc) is 2.85. The first-order chi connectivity index (χ1) is 8.74. The molecule has 0 bridgehead atoms. The molecule has 0 aliphatic heterocycles. The van der Waals surface area contributed by atoms with Gasteiger partial charge < -0.3 is 10.2 Å². The fourth-order valence-electron chi connectivity index (χ4n) is 1.36. The maximum absolute atomic E-state index is 11.0. The highest BCUT2D eigenvalue weighted by atomic mass is 32.2. The average molecular weight is 284 g/mol. The molecule has 2 aromatic heterocycles. The van der Waals surface area contributed by atoms with E-state index in [9.17, 15) is 4.79 Å². The first kappa shape index (κ1) is 13.1. The van der Waals surface area contributed by atoms with Crippen LogP contribution in [0.2, 0.25) is 0 Å². The Morgan fingerprint density at radius 3 is 3.17 bits per heavy atom. The lowest BCUT2D eigenvalue weighted by Crippen LogP contribution is -2.10. The van der Waals surface area contributed by atoms with E-state index in [-0.39, 0.29) is 11.7 Å². The lowest BCUT2D eigenvalue weighted by molar-refractivity contribution is -0.137. The third-order valence-electron chi connectivity index (χ3n) is 2.19. The zero-order valence-electron chi connectivity index (χ0n) is 9.67. The van der Waals surface area contributed by atoms with E-state index in [1.807, 2.05) is 11.4 Å². The molecule has 0 atom stereocenters. The molecule has 2 rings (SSSR count). The van der Waals surface area contributed by atoms with Crippen LogP contribution in [-0.4, -0.2) is 28.8 Å². The number of hydrogen-bond acceptors (Lipinski definition) is 8. The summed E-state index contributed by atoms with van der Waals surface area (Å²) in [5, 5.41) is 2.84. The summed E-state index contributed by atoms with van der Waals surface area (Å²) in [4.78, 5) is 20.6. The summed E-state index contributed by atoms with van der Waals surface area (Å²) < 4.78 is 4.56. The van der Waals surface area contributed by atoms with Crippen LogP contribution in [0.5, 0.6) is 0 Å². The van der Waals surface area contributed by atoms with E-state index in [4.69, 9.17) is 5.84 Å². The first-order valence-corrected chi connectivity index (χ1v) is 7.13. The van der Waals surface area contributed by atoms with Crippen LogP contribution in [0.1, 0.15) is 5.82 Å². The lowest BCUT2D eigenvalue weighted by Gasteiger charge is -2.04. The van der Waals surface area contributed by atoms with Crippen molar-refractivity contribution in [3.05, 3.63) is 17.3 Å². The summed E-state index contributed by atoms with van der Waals surface area (Å²) in [6.45, 7) is 0. The minimum absolute atomic E-state index is 0.255. The fourth-order valence-corrected chi connectivity index (χ4v) is 2.84. The summed E-state index contributed by atoms with van der Waals surface area (Å²) in [5.74, 6) is 7.25. The molecule has 0 aromatic carbocycles. The van der Waals surface area contributed by atoms with Gasteiger partial charge in [-0.3, -0.25) is 4.79 Å². The van der Waals surface area contributed by atoms with Crippen molar-refractivity contribution >= 4 is 45.1 Å². The topological polar surface area (TPSA) is 90.1 Å². The number of ether oxygens (including phenoxy) is 1. The van der Waals surface area contributed by atoms with Crippen molar-refractivity contribution in [2.45, 2.75) is 5.75 Å². The predicted molar refractivity (Wildman–Crippen MR) is 73.4 cm³/mol. The molecule has 0 unspecified atom stereocenters. The monoisotopic (exact) mass is 284 g/mol. The summed E-state index contributed by atoms with van der Waals surface area (Å²) in [5.41, 5.74) is 2.56. The third-order valence-corrected chi connectivity index (χ3v) is 3.90. The fraction of sp³-hybridized carbons (Fsp3) is 0.300. The lowest BCUT2D eigenvalue weighted by atomic mass is 10.4. The molecule has 0 saturated carbocycles. The van der Waals surface area contributed by atoms with E-state index in [1.165, 1.54) is 30.2 Å². The minimum Gasteiger partial charge on any atom is -0.468 e. The molecule has 6 nitrogen and oxygen atoms in total. The van der Waals surface area contributed by atoms with E-state index in [2.05, 4.69) is 20.1 Å². The Balaban J connectivity index is 2.11. The second-order valence-corrected chi connectivity index (χ2v) is 5.22. The van der Waals surface area contributed by atoms with Crippen LogP contribution in [0.25, 0.3) is 10.2 Å². The van der Waals surface area contributed by atoms with Crippen molar-refractivity contribution in [3.63, 3.8) is 0 Å². The van der Waals surface area contributed by atoms with Crippen LogP contribution in [0.4, 0.5) is 5.82 Å². The summed E-state index contributed by atoms with van der Waals surface area (Å²) in [7, 11) is 1.37. The highest BCUT2D eigenvalue weighted by Crippen LogP contribution is 2.25. The first-order valence-electron chi connectivity index (χ1n) is 5.10. The van der Waals surface area contributed by atoms with E-state index in [0.717, 1.165) is 10.2 Å². The molecular weight excluding hydrogens is 272 g/mol. The number of nitrogens with one attached hydrogen (secondary N) is 1. The zero-order valence-corrected chi connectivity index (χ0v) is 11.3. The molecule has 0 aliphatic rings. The van der Waals surface area contributed by atoms with Crippen molar-refractivity contribution in [2.24, 2.45) is 5.84 Å². The van der Waals surface area contributed by atoms with Gasteiger partial charge in [0.15, 0.2) is 5.82 Å². The molecule has 8 heteroatoms. The largest absolute Gasteiger partial charge is 0.468 e. The van der Waals surface area contributed by atoms with Gasteiger partial charge in [0, 0.05) is 0 Å². The van der Waals surface area contributed by atoms with Crippen LogP contribution < -0.4 is 11.3 Å². The maximum Gasteiger partial charge on any atom is 0.315 e. The molecule has 0 aliphatic carbocycles. The molecular formula is C10H12N4O2S2. The Morgan fingerprint density at radius 2 is 2.44 bits per heavy atom. The number of nitrogens with two attached hydrogens (primary N) is 1. The molecule has 2 aromatic rings.